The first-order chi connectivity index (χ1) is 19.0. The van der Waals surface area contributed by atoms with Crippen molar-refractivity contribution in [3.63, 3.8) is 0 Å². The van der Waals surface area contributed by atoms with E-state index in [2.05, 4.69) is 34.3 Å². The molecule has 4 aliphatic rings. The number of hydrogen-bond acceptors (Lipinski definition) is 8. The van der Waals surface area contributed by atoms with Crippen LogP contribution < -0.4 is 15.0 Å². The van der Waals surface area contributed by atoms with Gasteiger partial charge in [0, 0.05) is 57.4 Å². The quantitative estimate of drug-likeness (QED) is 0.603. The average Bonchev–Trinajstić information content (AvgIpc) is 3.47. The first-order valence-electron chi connectivity index (χ1n) is 14.7. The van der Waals surface area contributed by atoms with Gasteiger partial charge >= 0.3 is 0 Å². The van der Waals surface area contributed by atoms with E-state index in [1.807, 2.05) is 24.1 Å². The maximum Gasteiger partial charge on any atom is 0.253 e. The summed E-state index contributed by atoms with van der Waals surface area (Å²) in [7, 11) is 4.11. The third kappa shape index (κ3) is 5.84. The molecule has 1 aromatic heterocycles. The molecule has 3 saturated heterocycles. The lowest BCUT2D eigenvalue weighted by atomic mass is 9.89. The molecule has 0 radical (unpaired) electrons. The lowest BCUT2D eigenvalue weighted by molar-refractivity contribution is 0.0659. The van der Waals surface area contributed by atoms with Gasteiger partial charge in [-0.15, -0.1) is 0 Å². The normalized spacial score (nSPS) is 21.4. The van der Waals surface area contributed by atoms with Gasteiger partial charge in [-0.2, -0.15) is 4.98 Å². The van der Waals surface area contributed by atoms with Gasteiger partial charge in [0.05, 0.1) is 12.3 Å². The highest BCUT2D eigenvalue weighted by Gasteiger charge is 2.29. The summed E-state index contributed by atoms with van der Waals surface area (Å²) in [4.78, 5) is 29.6. The van der Waals surface area contributed by atoms with Gasteiger partial charge in [-0.05, 0) is 82.3 Å². The first kappa shape index (κ1) is 26.3. The van der Waals surface area contributed by atoms with Crippen LogP contribution in [-0.2, 0) is 11.2 Å². The summed E-state index contributed by atoms with van der Waals surface area (Å²) in [5.41, 5.74) is 3.12. The number of fused-ring (bicyclic) bond motifs is 1. The number of ether oxygens (including phenoxy) is 2. The molecule has 3 fully saturated rings. The van der Waals surface area contributed by atoms with E-state index in [9.17, 15) is 4.79 Å². The topological polar surface area (TPSA) is 83.1 Å². The third-order valence-electron chi connectivity index (χ3n) is 9.03. The molecule has 9 heteroatoms. The van der Waals surface area contributed by atoms with E-state index in [-0.39, 0.29) is 5.91 Å². The molecule has 0 atom stereocenters. The first-order valence-corrected chi connectivity index (χ1v) is 14.7. The number of hydrogen-bond donors (Lipinski definition) is 1. The summed E-state index contributed by atoms with van der Waals surface area (Å²) in [6.45, 7) is 6.19. The van der Waals surface area contributed by atoms with Crippen LogP contribution in [0.5, 0.6) is 5.75 Å². The van der Waals surface area contributed by atoms with Gasteiger partial charge in [-0.1, -0.05) is 12.1 Å². The summed E-state index contributed by atoms with van der Waals surface area (Å²) < 4.78 is 11.4. The number of nitrogens with zero attached hydrogens (tertiary/aromatic N) is 5. The zero-order chi connectivity index (χ0) is 26.8. The second-order valence-electron chi connectivity index (χ2n) is 11.6. The van der Waals surface area contributed by atoms with Crippen LogP contribution in [-0.4, -0.2) is 97.9 Å². The van der Waals surface area contributed by atoms with Gasteiger partial charge in [-0.25, -0.2) is 4.98 Å². The number of nitrogens with one attached hydrogen (secondary N) is 1. The van der Waals surface area contributed by atoms with Crippen LogP contribution in [0.1, 0.15) is 66.1 Å². The molecule has 9 nitrogen and oxygen atoms in total. The van der Waals surface area contributed by atoms with Crippen LogP contribution in [0.25, 0.3) is 0 Å². The van der Waals surface area contributed by atoms with Crippen molar-refractivity contribution in [1.82, 2.24) is 19.8 Å². The largest absolute Gasteiger partial charge is 0.487 e. The molecular formula is C30H42N6O3. The Hall–Kier alpha value is -2.91. The monoisotopic (exact) mass is 534 g/mol. The van der Waals surface area contributed by atoms with Crippen LogP contribution in [0.4, 0.5) is 11.8 Å². The lowest BCUT2D eigenvalue weighted by Crippen LogP contribution is -2.44. The summed E-state index contributed by atoms with van der Waals surface area (Å²) in [5, 5.41) is 3.62. The highest BCUT2D eigenvalue weighted by Crippen LogP contribution is 2.36. The number of benzene rings is 1. The minimum absolute atomic E-state index is 0.133. The van der Waals surface area contributed by atoms with E-state index in [4.69, 9.17) is 19.4 Å². The van der Waals surface area contributed by atoms with Crippen LogP contribution in [0.15, 0.2) is 24.3 Å². The van der Waals surface area contributed by atoms with E-state index >= 15 is 0 Å². The van der Waals surface area contributed by atoms with Gasteiger partial charge in [-0.3, -0.25) is 4.79 Å². The number of aromatic nitrogens is 2. The van der Waals surface area contributed by atoms with Crippen molar-refractivity contribution in [3.8, 4) is 5.75 Å². The summed E-state index contributed by atoms with van der Waals surface area (Å²) in [6.07, 6.45) is 6.98. The van der Waals surface area contributed by atoms with Crippen molar-refractivity contribution in [1.29, 1.82) is 0 Å². The van der Waals surface area contributed by atoms with Crippen molar-refractivity contribution < 1.29 is 14.3 Å². The highest BCUT2D eigenvalue weighted by atomic mass is 16.5. The maximum atomic E-state index is 13.1. The molecule has 39 heavy (non-hydrogen) atoms. The van der Waals surface area contributed by atoms with Gasteiger partial charge in [0.1, 0.15) is 0 Å². The molecule has 4 aliphatic heterocycles. The van der Waals surface area contributed by atoms with Crippen LogP contribution >= 0.6 is 0 Å². The SMILES string of the molecule is CN1CCC(N(C)C(=O)c2ccc(C3CCN(c4nc5c(c(NC6CCOCC6)n4)OCC5)CC3)cc2)CC1. The van der Waals surface area contributed by atoms with Crippen molar-refractivity contribution in [2.75, 3.05) is 70.3 Å². The van der Waals surface area contributed by atoms with Crippen LogP contribution in [0.2, 0.25) is 0 Å². The fourth-order valence-electron chi connectivity index (χ4n) is 6.39. The Labute approximate surface area is 231 Å². The zero-order valence-electron chi connectivity index (χ0n) is 23.4. The Balaban J connectivity index is 1.07. The van der Waals surface area contributed by atoms with Crippen LogP contribution in [0, 0.1) is 0 Å². The number of carbonyl (C=O) groups is 1. The summed E-state index contributed by atoms with van der Waals surface area (Å²) in [6, 6.07) is 9.06. The van der Waals surface area contributed by atoms with E-state index in [0.717, 1.165) is 113 Å². The molecule has 210 valence electrons. The second-order valence-corrected chi connectivity index (χ2v) is 11.6. The molecule has 1 amide bonds. The van der Waals surface area contributed by atoms with Gasteiger partial charge in [0.2, 0.25) is 5.95 Å². The third-order valence-corrected chi connectivity index (χ3v) is 9.03. The molecule has 6 rings (SSSR count). The van der Waals surface area contributed by atoms with Crippen molar-refractivity contribution in [2.24, 2.45) is 0 Å². The van der Waals surface area contributed by atoms with Gasteiger partial charge < -0.3 is 29.5 Å². The molecule has 0 aliphatic carbocycles. The van der Waals surface area contributed by atoms with E-state index in [1.54, 1.807) is 0 Å². The second kappa shape index (κ2) is 11.7. The minimum atomic E-state index is 0.133. The average molecular weight is 535 g/mol. The smallest absolute Gasteiger partial charge is 0.253 e. The standard InChI is InChI=1S/C30H42N6O3/c1-34-14-9-25(10-15-34)35(2)29(37)23-5-3-21(4-6-23)22-7-16-36(17-8-22)30-32-26-13-20-39-27(26)28(33-30)31-24-11-18-38-19-12-24/h3-6,22,24-25H,7-20H2,1-2H3,(H,31,32,33). The fraction of sp³-hybridized carbons (Fsp3) is 0.633. The Morgan fingerprint density at radius 1 is 0.949 bits per heavy atom. The minimum Gasteiger partial charge on any atom is -0.487 e. The molecular weight excluding hydrogens is 492 g/mol. The Morgan fingerprint density at radius 2 is 1.67 bits per heavy atom. The lowest BCUT2D eigenvalue weighted by Gasteiger charge is -2.35. The summed E-state index contributed by atoms with van der Waals surface area (Å²) in [5.74, 6) is 3.09. The van der Waals surface area contributed by atoms with E-state index in [1.165, 1.54) is 5.56 Å². The van der Waals surface area contributed by atoms with E-state index in [0.29, 0.717) is 24.6 Å². The molecule has 0 unspecified atom stereocenters. The number of likely N-dealkylation sites (tertiary alicyclic amines) is 1. The molecule has 0 bridgehead atoms. The zero-order valence-corrected chi connectivity index (χ0v) is 23.4. The van der Waals surface area contributed by atoms with Crippen molar-refractivity contribution in [3.05, 3.63) is 41.1 Å². The number of anilines is 2. The fourth-order valence-corrected chi connectivity index (χ4v) is 6.39. The number of amides is 1. The molecule has 0 spiro atoms. The van der Waals surface area contributed by atoms with Crippen molar-refractivity contribution >= 4 is 17.7 Å². The van der Waals surface area contributed by atoms with E-state index < -0.39 is 0 Å². The van der Waals surface area contributed by atoms with Gasteiger partial charge in [0.15, 0.2) is 11.6 Å². The molecule has 2 aromatic rings. The van der Waals surface area contributed by atoms with Gasteiger partial charge in [0.25, 0.3) is 5.91 Å². The van der Waals surface area contributed by atoms with Crippen LogP contribution in [0.3, 0.4) is 0 Å². The Kier molecular flexibility index (Phi) is 7.88. The number of carbonyl (C=O) groups excluding carboxylic acids is 1. The van der Waals surface area contributed by atoms with Crippen molar-refractivity contribution in [2.45, 2.75) is 62.9 Å². The molecule has 0 saturated carbocycles. The highest BCUT2D eigenvalue weighted by molar-refractivity contribution is 5.94. The molecule has 5 heterocycles. The predicted octanol–water partition coefficient (Wildman–Crippen LogP) is 3.55. The Morgan fingerprint density at radius 3 is 2.38 bits per heavy atom. The predicted molar refractivity (Wildman–Crippen MR) is 152 cm³/mol. The molecule has 1 aromatic carbocycles. The Bertz CT molecular complexity index is 1140. The number of piperidine rings is 2. The summed E-state index contributed by atoms with van der Waals surface area (Å²) >= 11 is 0. The molecule has 1 N–H and O–H groups in total. The maximum absolute atomic E-state index is 13.1. The number of rotatable bonds is 6.